The van der Waals surface area contributed by atoms with E-state index in [1.165, 1.54) is 24.8 Å². The highest BCUT2D eigenvalue weighted by Crippen LogP contribution is 2.60. The molecule has 0 aliphatic heterocycles. The van der Waals surface area contributed by atoms with E-state index in [-0.39, 0.29) is 0 Å². The van der Waals surface area contributed by atoms with E-state index in [0.29, 0.717) is 5.41 Å². The van der Waals surface area contributed by atoms with Crippen molar-refractivity contribution in [3.63, 3.8) is 0 Å². The highest BCUT2D eigenvalue weighted by Gasteiger charge is 2.49. The minimum atomic E-state index is 0.384. The van der Waals surface area contributed by atoms with Crippen LogP contribution in [0.5, 0.6) is 0 Å². The molecule has 0 N–H and O–H groups in total. The van der Waals surface area contributed by atoms with E-state index in [1.807, 2.05) is 0 Å². The standard InChI is InChI=1S/C15H22/c1-11(2)6-5-9-15(4)12(3)13-7-8-14(15)10-13/h5-6,13-14H,1,3,7-10H2,2,4H3/b6-5+. The lowest BCUT2D eigenvalue weighted by Crippen LogP contribution is -2.25. The topological polar surface area (TPSA) is 0 Å². The largest absolute Gasteiger partial charge is 0.0990 e. The Balaban J connectivity index is 2.07. The number of hydrogen-bond donors (Lipinski definition) is 0. The maximum atomic E-state index is 4.33. The van der Waals surface area contributed by atoms with Crippen LogP contribution in [-0.2, 0) is 0 Å². The Morgan fingerprint density at radius 2 is 2.27 bits per heavy atom. The van der Waals surface area contributed by atoms with Crippen molar-refractivity contribution < 1.29 is 0 Å². The summed E-state index contributed by atoms with van der Waals surface area (Å²) in [5.74, 6) is 1.72. The normalized spacial score (nSPS) is 39.2. The molecule has 2 aliphatic carbocycles. The van der Waals surface area contributed by atoms with Crippen LogP contribution in [0.3, 0.4) is 0 Å². The first-order chi connectivity index (χ1) is 7.04. The van der Waals surface area contributed by atoms with E-state index in [2.05, 4.69) is 39.2 Å². The van der Waals surface area contributed by atoms with E-state index in [9.17, 15) is 0 Å². The molecule has 0 radical (unpaired) electrons. The molecule has 0 aromatic carbocycles. The molecule has 2 aliphatic rings. The maximum absolute atomic E-state index is 4.33. The van der Waals surface area contributed by atoms with Crippen LogP contribution in [0.2, 0.25) is 0 Å². The van der Waals surface area contributed by atoms with Crippen molar-refractivity contribution in [2.45, 2.75) is 39.5 Å². The smallest absolute Gasteiger partial charge is 0.00533 e. The summed E-state index contributed by atoms with van der Waals surface area (Å²) in [5, 5.41) is 0. The Morgan fingerprint density at radius 3 is 2.80 bits per heavy atom. The molecule has 0 heteroatoms. The highest BCUT2D eigenvalue weighted by atomic mass is 14.5. The number of hydrogen-bond acceptors (Lipinski definition) is 0. The summed E-state index contributed by atoms with van der Waals surface area (Å²) in [4.78, 5) is 0. The molecule has 2 fully saturated rings. The SMILES string of the molecule is C=C(C)/C=C/CC1(C)C(=C)C2CCC1C2. The zero-order chi connectivity index (χ0) is 11.1. The lowest BCUT2D eigenvalue weighted by Gasteiger charge is -2.35. The molecular formula is C15H22. The molecule has 3 unspecified atom stereocenters. The van der Waals surface area contributed by atoms with Gasteiger partial charge in [-0.25, -0.2) is 0 Å². The van der Waals surface area contributed by atoms with Crippen LogP contribution in [-0.4, -0.2) is 0 Å². The Labute approximate surface area is 93.8 Å². The van der Waals surface area contributed by atoms with Crippen molar-refractivity contribution in [1.29, 1.82) is 0 Å². The van der Waals surface area contributed by atoms with Crippen molar-refractivity contribution in [2.24, 2.45) is 17.3 Å². The summed E-state index contributed by atoms with van der Waals surface area (Å²) in [7, 11) is 0. The molecule has 0 saturated heterocycles. The van der Waals surface area contributed by atoms with Crippen LogP contribution < -0.4 is 0 Å². The van der Waals surface area contributed by atoms with E-state index < -0.39 is 0 Å². The molecule has 0 heterocycles. The summed E-state index contributed by atoms with van der Waals surface area (Å²) in [6.07, 6.45) is 9.79. The van der Waals surface area contributed by atoms with Gasteiger partial charge in [-0.2, -0.15) is 0 Å². The van der Waals surface area contributed by atoms with Gasteiger partial charge in [0.05, 0.1) is 0 Å². The van der Waals surface area contributed by atoms with Crippen molar-refractivity contribution in [3.05, 3.63) is 36.5 Å². The third-order valence-electron chi connectivity index (χ3n) is 4.50. The van der Waals surface area contributed by atoms with Crippen LogP contribution in [0.25, 0.3) is 0 Å². The first-order valence-electron chi connectivity index (χ1n) is 6.05. The zero-order valence-electron chi connectivity index (χ0n) is 10.1. The van der Waals surface area contributed by atoms with Crippen molar-refractivity contribution in [1.82, 2.24) is 0 Å². The molecule has 2 saturated carbocycles. The second kappa shape index (κ2) is 3.66. The second-order valence-corrected chi connectivity index (χ2v) is 5.60. The second-order valence-electron chi connectivity index (χ2n) is 5.60. The van der Waals surface area contributed by atoms with Crippen LogP contribution >= 0.6 is 0 Å². The monoisotopic (exact) mass is 202 g/mol. The predicted octanol–water partition coefficient (Wildman–Crippen LogP) is 4.50. The van der Waals surface area contributed by atoms with Gasteiger partial charge in [0.15, 0.2) is 0 Å². The summed E-state index contributed by atoms with van der Waals surface area (Å²) >= 11 is 0. The molecule has 0 spiro atoms. The van der Waals surface area contributed by atoms with E-state index in [0.717, 1.165) is 23.8 Å². The third-order valence-corrected chi connectivity index (χ3v) is 4.50. The van der Waals surface area contributed by atoms with Gasteiger partial charge in [-0.3, -0.25) is 0 Å². The van der Waals surface area contributed by atoms with E-state index in [1.54, 1.807) is 0 Å². The van der Waals surface area contributed by atoms with Gasteiger partial charge in [-0.1, -0.05) is 43.4 Å². The third kappa shape index (κ3) is 1.71. The molecule has 0 amide bonds. The molecule has 0 aromatic heterocycles. The number of allylic oxidation sites excluding steroid dienone is 4. The quantitative estimate of drug-likeness (QED) is 0.467. The number of fused-ring (bicyclic) bond motifs is 2. The Kier molecular flexibility index (Phi) is 2.62. The number of rotatable bonds is 3. The fourth-order valence-electron chi connectivity index (χ4n) is 3.41. The fourth-order valence-corrected chi connectivity index (χ4v) is 3.41. The highest BCUT2D eigenvalue weighted by molar-refractivity contribution is 5.26. The predicted molar refractivity (Wildman–Crippen MR) is 66.6 cm³/mol. The average Bonchev–Trinajstić information content (AvgIpc) is 2.70. The van der Waals surface area contributed by atoms with Gasteiger partial charge < -0.3 is 0 Å². The molecule has 2 rings (SSSR count). The van der Waals surface area contributed by atoms with E-state index >= 15 is 0 Å². The minimum absolute atomic E-state index is 0.384. The van der Waals surface area contributed by atoms with E-state index in [4.69, 9.17) is 0 Å². The van der Waals surface area contributed by atoms with Gasteiger partial charge in [-0.15, -0.1) is 0 Å². The van der Waals surface area contributed by atoms with Gasteiger partial charge in [0.1, 0.15) is 0 Å². The van der Waals surface area contributed by atoms with Gasteiger partial charge in [-0.05, 0) is 49.9 Å². The Hall–Kier alpha value is -0.780. The van der Waals surface area contributed by atoms with Gasteiger partial charge >= 0.3 is 0 Å². The molecule has 82 valence electrons. The van der Waals surface area contributed by atoms with Crippen molar-refractivity contribution >= 4 is 0 Å². The lowest BCUT2D eigenvalue weighted by atomic mass is 9.69. The average molecular weight is 202 g/mol. The van der Waals surface area contributed by atoms with Gasteiger partial charge in [0.2, 0.25) is 0 Å². The van der Waals surface area contributed by atoms with Gasteiger partial charge in [0.25, 0.3) is 0 Å². The van der Waals surface area contributed by atoms with Crippen molar-refractivity contribution in [3.8, 4) is 0 Å². The summed E-state index contributed by atoms with van der Waals surface area (Å²) in [6, 6.07) is 0. The van der Waals surface area contributed by atoms with Gasteiger partial charge in [0, 0.05) is 0 Å². The minimum Gasteiger partial charge on any atom is -0.0990 e. The molecule has 3 atom stereocenters. The van der Waals surface area contributed by atoms with Crippen LogP contribution in [0, 0.1) is 17.3 Å². The molecule has 2 bridgehead atoms. The molecule has 0 aromatic rings. The summed E-state index contributed by atoms with van der Waals surface area (Å²) in [5.41, 5.74) is 3.05. The van der Waals surface area contributed by atoms with Crippen molar-refractivity contribution in [2.75, 3.05) is 0 Å². The first kappa shape index (κ1) is 10.7. The fraction of sp³-hybridized carbons (Fsp3) is 0.600. The molecule has 0 nitrogen and oxygen atoms in total. The maximum Gasteiger partial charge on any atom is -0.00533 e. The summed E-state index contributed by atoms with van der Waals surface area (Å²) in [6.45, 7) is 12.7. The van der Waals surface area contributed by atoms with Crippen LogP contribution in [0.1, 0.15) is 39.5 Å². The summed E-state index contributed by atoms with van der Waals surface area (Å²) < 4.78 is 0. The lowest BCUT2D eigenvalue weighted by molar-refractivity contribution is 0.261. The van der Waals surface area contributed by atoms with Crippen LogP contribution in [0.4, 0.5) is 0 Å². The Bertz CT molecular complexity index is 321. The molecular weight excluding hydrogens is 180 g/mol. The zero-order valence-corrected chi connectivity index (χ0v) is 10.1. The Morgan fingerprint density at radius 1 is 1.53 bits per heavy atom. The molecule has 15 heavy (non-hydrogen) atoms. The van der Waals surface area contributed by atoms with Crippen LogP contribution in [0.15, 0.2) is 36.5 Å². The first-order valence-corrected chi connectivity index (χ1v) is 6.05.